The second-order valence-electron chi connectivity index (χ2n) is 4.57. The van der Waals surface area contributed by atoms with Crippen LogP contribution in [-0.2, 0) is 0 Å². The van der Waals surface area contributed by atoms with E-state index in [0.717, 1.165) is 0 Å². The van der Waals surface area contributed by atoms with Crippen molar-refractivity contribution >= 4 is 40.4 Å². The summed E-state index contributed by atoms with van der Waals surface area (Å²) >= 11 is 2.00. The summed E-state index contributed by atoms with van der Waals surface area (Å²) in [5, 5.41) is 13.8. The predicted molar refractivity (Wildman–Crippen MR) is 97.9 cm³/mol. The van der Waals surface area contributed by atoms with Gasteiger partial charge in [-0.3, -0.25) is 4.79 Å². The average molecular weight is 425 g/mol. The van der Waals surface area contributed by atoms with E-state index < -0.39 is 5.91 Å². The molecule has 0 spiro atoms. The number of carbonyl (C=O) groups excluding carboxylic acids is 1. The number of anilines is 1. The number of halogens is 1. The van der Waals surface area contributed by atoms with Crippen LogP contribution in [0, 0.1) is 3.57 Å². The molecule has 0 aliphatic heterocycles. The Balaban J connectivity index is 2.12. The molecule has 0 saturated carbocycles. The molecule has 0 aromatic heterocycles. The van der Waals surface area contributed by atoms with E-state index in [0.29, 0.717) is 32.7 Å². The van der Waals surface area contributed by atoms with Gasteiger partial charge in [0.15, 0.2) is 11.5 Å². The molecule has 0 atom stereocenters. The predicted octanol–water partition coefficient (Wildman–Crippen LogP) is 2.74. The number of nitrogens with two attached hydrogens (primary N) is 1. The maximum absolute atomic E-state index is 12.0. The number of hydrazone groups is 1. The van der Waals surface area contributed by atoms with Crippen LogP contribution in [0.4, 0.5) is 5.69 Å². The van der Waals surface area contributed by atoms with Crippen molar-refractivity contribution in [1.29, 1.82) is 0 Å². The number of para-hydroxylation sites is 1. The summed E-state index contributed by atoms with van der Waals surface area (Å²) in [7, 11) is 0. The lowest BCUT2D eigenvalue weighted by atomic mass is 10.2. The number of hydrogen-bond acceptors (Lipinski definition) is 5. The van der Waals surface area contributed by atoms with Crippen molar-refractivity contribution < 1.29 is 14.6 Å². The topological polar surface area (TPSA) is 96.9 Å². The molecule has 2 aromatic carbocycles. The van der Waals surface area contributed by atoms with Gasteiger partial charge < -0.3 is 15.6 Å². The van der Waals surface area contributed by atoms with E-state index in [4.69, 9.17) is 10.5 Å². The van der Waals surface area contributed by atoms with E-state index >= 15 is 0 Å². The fraction of sp³-hybridized carbons (Fsp3) is 0.125. The molecule has 0 radical (unpaired) electrons. The van der Waals surface area contributed by atoms with Crippen LogP contribution in [0.3, 0.4) is 0 Å². The molecule has 0 bridgehead atoms. The fourth-order valence-corrected chi connectivity index (χ4v) is 2.49. The minimum absolute atomic E-state index is 0.0886. The molecule has 0 aliphatic carbocycles. The highest BCUT2D eigenvalue weighted by Gasteiger charge is 2.09. The van der Waals surface area contributed by atoms with Crippen molar-refractivity contribution in [2.24, 2.45) is 5.10 Å². The average Bonchev–Trinajstić information content (AvgIpc) is 2.52. The number of ether oxygens (including phenoxy) is 1. The summed E-state index contributed by atoms with van der Waals surface area (Å²) < 4.78 is 5.98. The lowest BCUT2D eigenvalue weighted by Crippen LogP contribution is -2.19. The first-order chi connectivity index (χ1) is 11.0. The lowest BCUT2D eigenvalue weighted by Gasteiger charge is -2.08. The van der Waals surface area contributed by atoms with Crippen LogP contribution in [0.25, 0.3) is 0 Å². The number of nitrogens with one attached hydrogen (secondary N) is 1. The maximum Gasteiger partial charge on any atom is 0.273 e. The molecular formula is C16H16IN3O3. The van der Waals surface area contributed by atoms with Crippen molar-refractivity contribution in [3.63, 3.8) is 0 Å². The van der Waals surface area contributed by atoms with Crippen molar-refractivity contribution in [2.45, 2.75) is 6.92 Å². The number of carbonyl (C=O) groups is 1. The second-order valence-corrected chi connectivity index (χ2v) is 5.73. The minimum atomic E-state index is -0.391. The Hall–Kier alpha value is -2.29. The number of aromatic hydroxyl groups is 1. The number of rotatable bonds is 5. The number of hydrogen-bond donors (Lipinski definition) is 3. The van der Waals surface area contributed by atoms with Crippen molar-refractivity contribution in [3.8, 4) is 11.5 Å². The first kappa shape index (κ1) is 17.1. The van der Waals surface area contributed by atoms with Crippen LogP contribution in [0.1, 0.15) is 22.8 Å². The fourth-order valence-electron chi connectivity index (χ4n) is 1.86. The Morgan fingerprint density at radius 2 is 2.17 bits per heavy atom. The van der Waals surface area contributed by atoms with Crippen LogP contribution in [0.15, 0.2) is 41.5 Å². The van der Waals surface area contributed by atoms with Gasteiger partial charge >= 0.3 is 0 Å². The quantitative estimate of drug-likeness (QED) is 0.297. The SMILES string of the molecule is CCOc1cc(/C=N\NC(=O)c2ccccc2N)cc(I)c1O. The number of amides is 1. The van der Waals surface area contributed by atoms with Gasteiger partial charge in [-0.1, -0.05) is 12.1 Å². The largest absolute Gasteiger partial charge is 0.504 e. The summed E-state index contributed by atoms with van der Waals surface area (Å²) in [6.07, 6.45) is 1.47. The molecule has 0 fully saturated rings. The molecule has 1 amide bonds. The molecule has 120 valence electrons. The van der Waals surface area contributed by atoms with Gasteiger partial charge in [-0.15, -0.1) is 0 Å². The van der Waals surface area contributed by atoms with Crippen molar-refractivity contribution in [2.75, 3.05) is 12.3 Å². The number of phenols is 1. The van der Waals surface area contributed by atoms with E-state index in [-0.39, 0.29) is 5.75 Å². The normalized spacial score (nSPS) is 10.7. The number of phenolic OH excluding ortho intramolecular Hbond substituents is 1. The van der Waals surface area contributed by atoms with E-state index in [2.05, 4.69) is 10.5 Å². The highest BCUT2D eigenvalue weighted by atomic mass is 127. The number of nitrogens with zero attached hydrogens (tertiary/aromatic N) is 1. The van der Waals surface area contributed by atoms with Crippen LogP contribution in [-0.4, -0.2) is 23.8 Å². The van der Waals surface area contributed by atoms with Gasteiger partial charge in [0.1, 0.15) is 0 Å². The molecule has 0 aliphatic rings. The molecule has 2 rings (SSSR count). The molecule has 4 N–H and O–H groups in total. The highest BCUT2D eigenvalue weighted by Crippen LogP contribution is 2.32. The lowest BCUT2D eigenvalue weighted by molar-refractivity contribution is 0.0956. The van der Waals surface area contributed by atoms with Gasteiger partial charge in [0, 0.05) is 5.69 Å². The van der Waals surface area contributed by atoms with E-state index in [1.807, 2.05) is 29.5 Å². The Labute approximate surface area is 147 Å². The van der Waals surface area contributed by atoms with Crippen molar-refractivity contribution in [1.82, 2.24) is 5.43 Å². The molecular weight excluding hydrogens is 409 g/mol. The standard InChI is InChI=1S/C16H16IN3O3/c1-2-23-14-8-10(7-12(17)15(14)21)9-19-20-16(22)11-5-3-4-6-13(11)18/h3-9,21H,2,18H2,1H3,(H,20,22)/b19-9-. The van der Waals surface area contributed by atoms with Gasteiger partial charge in [0.2, 0.25) is 0 Å². The zero-order chi connectivity index (χ0) is 16.8. The van der Waals surface area contributed by atoms with Crippen molar-refractivity contribution in [3.05, 3.63) is 51.1 Å². The van der Waals surface area contributed by atoms with Crippen LogP contribution in [0.5, 0.6) is 11.5 Å². The second kappa shape index (κ2) is 7.82. The summed E-state index contributed by atoms with van der Waals surface area (Å²) in [6, 6.07) is 10.1. The first-order valence-corrected chi connectivity index (χ1v) is 7.94. The van der Waals surface area contributed by atoms with E-state index in [1.54, 1.807) is 36.4 Å². The van der Waals surface area contributed by atoms with Gasteiger partial charge in [0.25, 0.3) is 5.91 Å². The van der Waals surface area contributed by atoms with Gasteiger partial charge in [-0.25, -0.2) is 5.43 Å². The molecule has 0 saturated heterocycles. The molecule has 7 heteroatoms. The zero-order valence-electron chi connectivity index (χ0n) is 12.4. The Morgan fingerprint density at radius 1 is 1.43 bits per heavy atom. The van der Waals surface area contributed by atoms with Crippen LogP contribution >= 0.6 is 22.6 Å². The zero-order valence-corrected chi connectivity index (χ0v) is 14.6. The van der Waals surface area contributed by atoms with Crippen LogP contribution < -0.4 is 15.9 Å². The van der Waals surface area contributed by atoms with Gasteiger partial charge in [-0.2, -0.15) is 5.10 Å². The third-order valence-electron chi connectivity index (χ3n) is 2.94. The molecule has 0 heterocycles. The third-order valence-corrected chi connectivity index (χ3v) is 3.76. The van der Waals surface area contributed by atoms with Crippen LogP contribution in [0.2, 0.25) is 0 Å². The highest BCUT2D eigenvalue weighted by molar-refractivity contribution is 14.1. The minimum Gasteiger partial charge on any atom is -0.504 e. The molecule has 6 nitrogen and oxygen atoms in total. The summed E-state index contributed by atoms with van der Waals surface area (Å²) in [6.45, 7) is 2.27. The third kappa shape index (κ3) is 4.35. The molecule has 2 aromatic rings. The number of nitrogen functional groups attached to an aromatic ring is 1. The molecule has 23 heavy (non-hydrogen) atoms. The number of benzene rings is 2. The van der Waals surface area contributed by atoms with Gasteiger partial charge in [-0.05, 0) is 59.3 Å². The summed E-state index contributed by atoms with van der Waals surface area (Å²) in [4.78, 5) is 12.0. The maximum atomic E-state index is 12.0. The molecule has 0 unspecified atom stereocenters. The summed E-state index contributed by atoms with van der Waals surface area (Å²) in [5.74, 6) is 0.0723. The summed E-state index contributed by atoms with van der Waals surface area (Å²) in [5.41, 5.74) is 9.59. The Kier molecular flexibility index (Phi) is 5.80. The smallest absolute Gasteiger partial charge is 0.273 e. The first-order valence-electron chi connectivity index (χ1n) is 6.86. The monoisotopic (exact) mass is 425 g/mol. The Morgan fingerprint density at radius 3 is 2.87 bits per heavy atom. The van der Waals surface area contributed by atoms with E-state index in [1.165, 1.54) is 6.21 Å². The van der Waals surface area contributed by atoms with E-state index in [9.17, 15) is 9.90 Å². The van der Waals surface area contributed by atoms with Gasteiger partial charge in [0.05, 0.1) is 22.0 Å². The Bertz CT molecular complexity index is 747.